The van der Waals surface area contributed by atoms with Gasteiger partial charge >= 0.3 is 0 Å². The van der Waals surface area contributed by atoms with E-state index >= 15 is 0 Å². The van der Waals surface area contributed by atoms with Crippen LogP contribution in [-0.4, -0.2) is 38.7 Å². The fraction of sp³-hybridized carbons (Fsp3) is 0.267. The second-order valence-electron chi connectivity index (χ2n) is 5.41. The molecule has 1 aliphatic heterocycles. The molecule has 111 valence electrons. The summed E-state index contributed by atoms with van der Waals surface area (Å²) in [5.74, 6) is -0.343. The van der Waals surface area contributed by atoms with Crippen molar-refractivity contribution in [2.45, 2.75) is 18.9 Å². The second kappa shape index (κ2) is 4.94. The molecule has 7 nitrogen and oxygen atoms in total. The molecule has 3 aromatic heterocycles. The van der Waals surface area contributed by atoms with E-state index in [0.717, 1.165) is 41.5 Å². The number of primary amides is 1. The van der Waals surface area contributed by atoms with Crippen molar-refractivity contribution in [3.63, 3.8) is 0 Å². The van der Waals surface area contributed by atoms with Crippen LogP contribution in [0.3, 0.4) is 0 Å². The number of nitrogens with zero attached hydrogens (tertiary/aromatic N) is 4. The van der Waals surface area contributed by atoms with Crippen LogP contribution in [0, 0.1) is 6.42 Å². The lowest BCUT2D eigenvalue weighted by atomic mass is 10.00. The molecule has 0 spiro atoms. The molecule has 1 aliphatic rings. The largest absolute Gasteiger partial charge is 0.368 e. The zero-order chi connectivity index (χ0) is 15.1. The lowest BCUT2D eigenvalue weighted by Crippen LogP contribution is -2.48. The molecule has 1 amide bonds. The van der Waals surface area contributed by atoms with E-state index in [1.807, 2.05) is 23.6 Å². The summed E-state index contributed by atoms with van der Waals surface area (Å²) in [7, 11) is 0. The first-order valence-electron chi connectivity index (χ1n) is 7.22. The van der Waals surface area contributed by atoms with Crippen LogP contribution in [0.1, 0.15) is 12.8 Å². The van der Waals surface area contributed by atoms with E-state index in [2.05, 4.69) is 20.2 Å². The fourth-order valence-electron chi connectivity index (χ4n) is 3.10. The molecule has 4 heterocycles. The Kier molecular flexibility index (Phi) is 2.92. The minimum atomic E-state index is -0.414. The number of hydrogen-bond acceptors (Lipinski definition) is 5. The number of pyridine rings is 1. The number of aromatic nitrogens is 4. The summed E-state index contributed by atoms with van der Waals surface area (Å²) in [5, 5.41) is 10.3. The van der Waals surface area contributed by atoms with Crippen LogP contribution in [0.2, 0.25) is 0 Å². The number of fused-ring (bicyclic) bond motifs is 3. The minimum absolute atomic E-state index is 0.343. The van der Waals surface area contributed by atoms with Gasteiger partial charge in [-0.1, -0.05) is 0 Å². The fourth-order valence-corrected chi connectivity index (χ4v) is 3.10. The van der Waals surface area contributed by atoms with Crippen LogP contribution in [0.15, 0.2) is 24.7 Å². The highest BCUT2D eigenvalue weighted by Gasteiger charge is 2.29. The number of carbonyl (C=O) groups is 1. The van der Waals surface area contributed by atoms with Gasteiger partial charge in [0.05, 0.1) is 18.1 Å². The number of nitrogens with two attached hydrogens (primary N) is 1. The molecular formula is C15H15N6O. The van der Waals surface area contributed by atoms with Gasteiger partial charge in [0.25, 0.3) is 0 Å². The summed E-state index contributed by atoms with van der Waals surface area (Å²) < 4.78 is 0. The first-order valence-corrected chi connectivity index (χ1v) is 7.22. The third-order valence-corrected chi connectivity index (χ3v) is 4.09. The van der Waals surface area contributed by atoms with Gasteiger partial charge in [-0.2, -0.15) is 0 Å². The molecule has 3 aromatic rings. The molecule has 7 heteroatoms. The van der Waals surface area contributed by atoms with Gasteiger partial charge in [0.1, 0.15) is 11.6 Å². The highest BCUT2D eigenvalue weighted by Crippen LogP contribution is 2.33. The quantitative estimate of drug-likeness (QED) is 0.739. The topological polar surface area (TPSA) is 101 Å². The van der Waals surface area contributed by atoms with E-state index in [-0.39, 0.29) is 5.91 Å². The molecular weight excluding hydrogens is 280 g/mol. The summed E-state index contributed by atoms with van der Waals surface area (Å²) in [5.41, 5.74) is 7.86. The number of rotatable bonds is 2. The lowest BCUT2D eigenvalue weighted by molar-refractivity contribution is -0.118. The molecule has 0 bridgehead atoms. The Morgan fingerprint density at radius 1 is 1.36 bits per heavy atom. The molecule has 1 unspecified atom stereocenters. The Morgan fingerprint density at radius 2 is 2.27 bits per heavy atom. The smallest absolute Gasteiger partial charge is 0.240 e. The molecule has 3 N–H and O–H groups in total. The average Bonchev–Trinajstić information content (AvgIpc) is 3.03. The number of H-pyrrole nitrogens is 1. The summed E-state index contributed by atoms with van der Waals surface area (Å²) in [6.07, 6.45) is 9.12. The SMILES string of the molecule is NC(=O)C1[CH]CCCN1c1cncc2nnc3[nH]ccc3c12. The average molecular weight is 295 g/mol. The van der Waals surface area contributed by atoms with Crippen molar-refractivity contribution < 1.29 is 4.79 Å². The maximum atomic E-state index is 11.8. The Hall–Kier alpha value is -2.70. The molecule has 0 saturated carbocycles. The first kappa shape index (κ1) is 13.0. The predicted octanol–water partition coefficient (Wildman–Crippen LogP) is 1.16. The van der Waals surface area contributed by atoms with E-state index in [1.54, 1.807) is 12.4 Å². The van der Waals surface area contributed by atoms with Crippen molar-refractivity contribution in [1.29, 1.82) is 0 Å². The number of piperidine rings is 1. The summed E-state index contributed by atoms with van der Waals surface area (Å²) in [6.45, 7) is 0.763. The van der Waals surface area contributed by atoms with Crippen molar-refractivity contribution >= 4 is 33.5 Å². The maximum Gasteiger partial charge on any atom is 0.240 e. The van der Waals surface area contributed by atoms with E-state index in [0.29, 0.717) is 5.52 Å². The zero-order valence-electron chi connectivity index (χ0n) is 11.9. The molecule has 4 rings (SSSR count). The van der Waals surface area contributed by atoms with Gasteiger partial charge < -0.3 is 15.6 Å². The Balaban J connectivity index is 1.97. The number of aromatic amines is 1. The zero-order valence-corrected chi connectivity index (χ0v) is 11.9. The monoisotopic (exact) mass is 295 g/mol. The van der Waals surface area contributed by atoms with Crippen LogP contribution in [0.4, 0.5) is 5.69 Å². The molecule has 1 radical (unpaired) electrons. The van der Waals surface area contributed by atoms with Crippen molar-refractivity contribution in [3.8, 4) is 0 Å². The number of nitrogens with one attached hydrogen (secondary N) is 1. The molecule has 0 aliphatic carbocycles. The Labute approximate surface area is 126 Å². The lowest BCUT2D eigenvalue weighted by Gasteiger charge is -2.35. The van der Waals surface area contributed by atoms with Crippen LogP contribution < -0.4 is 10.6 Å². The summed E-state index contributed by atoms with van der Waals surface area (Å²) in [6, 6.07) is 1.55. The maximum absolute atomic E-state index is 11.8. The van der Waals surface area contributed by atoms with E-state index < -0.39 is 6.04 Å². The molecule has 1 saturated heterocycles. The van der Waals surface area contributed by atoms with Crippen molar-refractivity contribution in [3.05, 3.63) is 31.1 Å². The van der Waals surface area contributed by atoms with Crippen molar-refractivity contribution in [2.75, 3.05) is 11.4 Å². The number of carbonyl (C=O) groups excluding carboxylic acids is 1. The number of hydrogen-bond donors (Lipinski definition) is 2. The number of amides is 1. The van der Waals surface area contributed by atoms with Gasteiger partial charge in [0.2, 0.25) is 5.91 Å². The predicted molar refractivity (Wildman–Crippen MR) is 83.1 cm³/mol. The van der Waals surface area contributed by atoms with Crippen LogP contribution >= 0.6 is 0 Å². The number of anilines is 1. The van der Waals surface area contributed by atoms with Crippen molar-refractivity contribution in [2.24, 2.45) is 5.73 Å². The second-order valence-corrected chi connectivity index (χ2v) is 5.41. The van der Waals surface area contributed by atoms with Crippen molar-refractivity contribution in [1.82, 2.24) is 20.2 Å². The standard InChI is InChI=1S/C15H15N6O/c16-14(22)11-3-1-2-6-21(11)12-8-17-7-10-13(12)9-4-5-18-15(9)20-19-10/h3-5,7-8,11H,1-2,6H2,(H2,16,22)(H,18,20). The minimum Gasteiger partial charge on any atom is -0.368 e. The van der Waals surface area contributed by atoms with Crippen LogP contribution in [0.25, 0.3) is 21.9 Å². The Bertz CT molecular complexity index is 857. The van der Waals surface area contributed by atoms with E-state index in [1.165, 1.54) is 0 Å². The van der Waals surface area contributed by atoms with Gasteiger partial charge in [0.15, 0.2) is 5.65 Å². The highest BCUT2D eigenvalue weighted by atomic mass is 16.1. The van der Waals surface area contributed by atoms with Crippen LogP contribution in [0.5, 0.6) is 0 Å². The van der Waals surface area contributed by atoms with Gasteiger partial charge in [-0.3, -0.25) is 9.78 Å². The Morgan fingerprint density at radius 3 is 3.14 bits per heavy atom. The molecule has 22 heavy (non-hydrogen) atoms. The molecule has 0 aromatic carbocycles. The van der Waals surface area contributed by atoms with Crippen LogP contribution in [-0.2, 0) is 4.79 Å². The first-order chi connectivity index (χ1) is 10.8. The van der Waals surface area contributed by atoms with Gasteiger partial charge in [-0.25, -0.2) is 0 Å². The molecule has 1 fully saturated rings. The molecule has 1 atom stereocenters. The van der Waals surface area contributed by atoms with E-state index in [4.69, 9.17) is 5.73 Å². The highest BCUT2D eigenvalue weighted by molar-refractivity contribution is 6.10. The summed E-state index contributed by atoms with van der Waals surface area (Å²) in [4.78, 5) is 21.1. The summed E-state index contributed by atoms with van der Waals surface area (Å²) >= 11 is 0. The normalized spacial score (nSPS) is 18.9. The van der Waals surface area contributed by atoms with Gasteiger partial charge in [-0.15, -0.1) is 10.2 Å². The van der Waals surface area contributed by atoms with Gasteiger partial charge in [0, 0.05) is 23.5 Å². The third-order valence-electron chi connectivity index (χ3n) is 4.09. The van der Waals surface area contributed by atoms with E-state index in [9.17, 15) is 4.79 Å². The van der Waals surface area contributed by atoms with Gasteiger partial charge in [-0.05, 0) is 25.3 Å². The third kappa shape index (κ3) is 1.89.